The maximum Gasteiger partial charge on any atom is 0.511 e. The average Bonchev–Trinajstić information content (AvgIpc) is 2.87. The van der Waals surface area contributed by atoms with Crippen molar-refractivity contribution < 1.29 is 30.0 Å². The average molecular weight is 409 g/mol. The lowest BCUT2D eigenvalue weighted by molar-refractivity contribution is -0.0447. The molecule has 0 bridgehead atoms. The van der Waals surface area contributed by atoms with Crippen LogP contribution < -0.4 is 9.86 Å². The highest BCUT2D eigenvalue weighted by Crippen LogP contribution is 2.34. The summed E-state index contributed by atoms with van der Waals surface area (Å²) in [5.41, 5.74) is -5.29. The number of nitrogens with two attached hydrogens (primary N) is 1. The monoisotopic (exact) mass is 408 g/mol. The Morgan fingerprint density at radius 3 is 2.04 bits per heavy atom. The Bertz CT molecular complexity index is 640. The third kappa shape index (κ3) is 7.21. The number of sulfonamides is 2. The molecule has 0 aromatic rings. The fraction of sp³-hybridized carbons (Fsp3) is 0.833. The fourth-order valence-corrected chi connectivity index (χ4v) is 8.51. The van der Waals surface area contributed by atoms with Crippen molar-refractivity contribution in [3.8, 4) is 0 Å². The molecule has 0 amide bonds. The fourth-order valence-electron chi connectivity index (χ4n) is 2.84. The van der Waals surface area contributed by atoms with E-state index in [1.54, 1.807) is 4.72 Å². The number of primary sulfonamides is 1. The van der Waals surface area contributed by atoms with E-state index in [0.717, 1.165) is 18.1 Å². The minimum atomic E-state index is -5.29. The van der Waals surface area contributed by atoms with Gasteiger partial charge in [-0.05, 0) is 24.9 Å². The second-order valence-electron chi connectivity index (χ2n) is 6.15. The van der Waals surface area contributed by atoms with Crippen molar-refractivity contribution in [3.63, 3.8) is 0 Å². The molecule has 0 radical (unpaired) electrons. The predicted octanol–water partition coefficient (Wildman–Crippen LogP) is 1.90. The molecule has 0 unspecified atom stereocenters. The quantitative estimate of drug-likeness (QED) is 0.327. The summed E-state index contributed by atoms with van der Waals surface area (Å²) < 4.78 is 81.9. The van der Waals surface area contributed by atoms with Gasteiger partial charge in [0, 0.05) is 6.54 Å². The first-order valence-electron chi connectivity index (χ1n) is 7.58. The Hall–Kier alpha value is -0.433. The van der Waals surface area contributed by atoms with Crippen LogP contribution in [0.5, 0.6) is 0 Å². The highest BCUT2D eigenvalue weighted by atomic mass is 32.2. The number of rotatable bonds is 10. The van der Waals surface area contributed by atoms with Gasteiger partial charge in [0.1, 0.15) is 0 Å². The Morgan fingerprint density at radius 1 is 1.00 bits per heavy atom. The Kier molecular flexibility index (Phi) is 7.47. The van der Waals surface area contributed by atoms with Gasteiger partial charge in [0.2, 0.25) is 10.0 Å². The molecule has 142 valence electrons. The van der Waals surface area contributed by atoms with Crippen molar-refractivity contribution in [2.24, 2.45) is 5.14 Å². The van der Waals surface area contributed by atoms with Crippen molar-refractivity contribution in [2.75, 3.05) is 12.3 Å². The second-order valence-corrected chi connectivity index (χ2v) is 14.5. The van der Waals surface area contributed by atoms with Crippen molar-refractivity contribution in [1.29, 1.82) is 0 Å². The summed E-state index contributed by atoms with van der Waals surface area (Å²) in [5, 5.41) is 4.95. The molecule has 1 aliphatic rings. The molecule has 0 saturated carbocycles. The van der Waals surface area contributed by atoms with Gasteiger partial charge < -0.3 is 0 Å². The summed E-state index contributed by atoms with van der Waals surface area (Å²) in [6.07, 6.45) is 5.61. The van der Waals surface area contributed by atoms with Gasteiger partial charge in [-0.2, -0.15) is 13.2 Å². The van der Waals surface area contributed by atoms with E-state index in [-0.39, 0.29) is 12.3 Å². The van der Waals surface area contributed by atoms with E-state index >= 15 is 0 Å². The minimum Gasteiger partial charge on any atom is -0.229 e. The zero-order valence-electron chi connectivity index (χ0n) is 13.2. The minimum absolute atomic E-state index is 0.0731. The van der Waals surface area contributed by atoms with E-state index in [2.05, 4.69) is 0 Å². The first kappa shape index (κ1) is 21.6. The topological polar surface area (TPSA) is 106 Å². The predicted molar refractivity (Wildman–Crippen MR) is 88.9 cm³/mol. The number of nitrogens with one attached hydrogen (secondary N) is 1. The lowest BCUT2D eigenvalue weighted by Crippen LogP contribution is -2.38. The Labute approximate surface area is 141 Å². The summed E-state index contributed by atoms with van der Waals surface area (Å²) in [4.78, 5) is 0. The van der Waals surface area contributed by atoms with E-state index < -0.39 is 33.6 Å². The molecule has 6 nitrogen and oxygen atoms in total. The number of hydrogen-bond acceptors (Lipinski definition) is 4. The van der Waals surface area contributed by atoms with Crippen LogP contribution in [-0.2, 0) is 20.0 Å². The molecule has 24 heavy (non-hydrogen) atoms. The number of unbranched alkanes of at least 4 members (excludes halogenated alkanes) is 1. The summed E-state index contributed by atoms with van der Waals surface area (Å²) in [6.45, 7) is -0.242. The highest BCUT2D eigenvalue weighted by Gasteiger charge is 2.45. The van der Waals surface area contributed by atoms with Gasteiger partial charge >= 0.3 is 15.5 Å². The van der Waals surface area contributed by atoms with Gasteiger partial charge in [0.15, 0.2) is 0 Å². The Morgan fingerprint density at radius 2 is 1.54 bits per heavy atom. The second kappa shape index (κ2) is 8.30. The number of hydrogen-bond donors (Lipinski definition) is 2. The maximum absolute atomic E-state index is 12.2. The summed E-state index contributed by atoms with van der Waals surface area (Å²) in [7, 11) is -10.5. The number of allylic oxidation sites excluding steroid dienone is 2. The van der Waals surface area contributed by atoms with E-state index in [1.165, 1.54) is 0 Å². The van der Waals surface area contributed by atoms with Crippen LogP contribution in [0.25, 0.3) is 0 Å². The number of alkyl halides is 3. The molecular formula is C12H23F3N2O4S2Si. The van der Waals surface area contributed by atoms with Crippen molar-refractivity contribution >= 4 is 28.1 Å². The van der Waals surface area contributed by atoms with Crippen LogP contribution in [0.4, 0.5) is 13.2 Å². The van der Waals surface area contributed by atoms with Crippen LogP contribution in [0.1, 0.15) is 19.3 Å². The zero-order valence-corrected chi connectivity index (χ0v) is 15.8. The van der Waals surface area contributed by atoms with Crippen LogP contribution in [0.15, 0.2) is 12.2 Å². The van der Waals surface area contributed by atoms with Gasteiger partial charge in [-0.15, -0.1) is 0 Å². The number of halogens is 3. The molecule has 0 aromatic heterocycles. The van der Waals surface area contributed by atoms with Crippen LogP contribution in [0, 0.1) is 0 Å². The normalized spacial score (nSPS) is 18.2. The van der Waals surface area contributed by atoms with Crippen LogP contribution in [-0.4, -0.2) is 42.7 Å². The molecule has 1 rings (SSSR count). The van der Waals surface area contributed by atoms with E-state index in [1.807, 2.05) is 12.2 Å². The van der Waals surface area contributed by atoms with Gasteiger partial charge in [-0.1, -0.05) is 30.7 Å². The molecule has 3 N–H and O–H groups in total. The molecule has 0 aromatic carbocycles. The van der Waals surface area contributed by atoms with E-state index in [4.69, 9.17) is 5.14 Å². The SMILES string of the molecule is NS(=O)(=O)CCCC[Si]1(CCCNS(=O)(=O)C(F)(F)F)CC=CC1. The van der Waals surface area contributed by atoms with Gasteiger partial charge in [-0.25, -0.2) is 26.7 Å². The lowest BCUT2D eigenvalue weighted by Gasteiger charge is -2.27. The summed E-state index contributed by atoms with van der Waals surface area (Å²) >= 11 is 0. The van der Waals surface area contributed by atoms with Crippen LogP contribution in [0.2, 0.25) is 24.2 Å². The van der Waals surface area contributed by atoms with Gasteiger partial charge in [0.25, 0.3) is 0 Å². The Balaban J connectivity index is 2.41. The smallest absolute Gasteiger partial charge is 0.229 e. The molecule has 0 saturated heterocycles. The van der Waals surface area contributed by atoms with Crippen LogP contribution >= 0.6 is 0 Å². The molecule has 12 heteroatoms. The largest absolute Gasteiger partial charge is 0.511 e. The third-order valence-corrected chi connectivity index (χ3v) is 11.2. The van der Waals surface area contributed by atoms with Gasteiger partial charge in [0.05, 0.1) is 13.8 Å². The molecule has 0 spiro atoms. The van der Waals surface area contributed by atoms with Crippen molar-refractivity contribution in [1.82, 2.24) is 4.72 Å². The van der Waals surface area contributed by atoms with Gasteiger partial charge in [-0.3, -0.25) is 0 Å². The summed E-state index contributed by atoms with van der Waals surface area (Å²) in [5.74, 6) is -0.0731. The first-order valence-corrected chi connectivity index (χ1v) is 13.6. The molecule has 0 fully saturated rings. The van der Waals surface area contributed by atoms with Crippen LogP contribution in [0.3, 0.4) is 0 Å². The molecular weight excluding hydrogens is 385 g/mol. The first-order chi connectivity index (χ1) is 10.9. The standard InChI is InChI=1S/C12H23F3N2O4S2Si/c13-12(14,15)23(20,21)17-6-5-11-24(9-3-4-10-24)8-2-1-7-22(16,18)19/h3-4,17H,1-2,5-11H2,(H2,16,18,19). The highest BCUT2D eigenvalue weighted by molar-refractivity contribution is 7.90. The molecule has 1 heterocycles. The van der Waals surface area contributed by atoms with Crippen molar-refractivity contribution in [3.05, 3.63) is 12.2 Å². The zero-order chi connectivity index (χ0) is 18.5. The lowest BCUT2D eigenvalue weighted by atomic mass is 10.4. The molecule has 0 aliphatic carbocycles. The third-order valence-electron chi connectivity index (χ3n) is 4.14. The molecule has 1 aliphatic heterocycles. The van der Waals surface area contributed by atoms with E-state index in [9.17, 15) is 30.0 Å². The molecule has 0 atom stereocenters. The maximum atomic E-state index is 12.2. The summed E-state index contributed by atoms with van der Waals surface area (Å²) in [6, 6.07) is 3.36. The van der Waals surface area contributed by atoms with E-state index in [0.29, 0.717) is 25.3 Å². The van der Waals surface area contributed by atoms with Crippen molar-refractivity contribution in [2.45, 2.75) is 48.9 Å².